The van der Waals surface area contributed by atoms with Crippen LogP contribution >= 0.6 is 0 Å². The minimum Gasteiger partial charge on any atom is -0.392 e. The van der Waals surface area contributed by atoms with E-state index in [0.717, 1.165) is 0 Å². The zero-order chi connectivity index (χ0) is 22.9. The maximum absolute atomic E-state index is 13.7. The number of nitrogens with zero attached hydrogens (tertiary/aromatic N) is 1. The number of amides is 1. The molecular formula is C23H24F2N2O4S. The van der Waals surface area contributed by atoms with Gasteiger partial charge in [0.15, 0.2) is 9.84 Å². The Labute approximate surface area is 185 Å². The number of hydrogen-bond acceptors (Lipinski definition) is 5. The Morgan fingerprint density at radius 1 is 1.09 bits per heavy atom. The van der Waals surface area contributed by atoms with Crippen LogP contribution in [0.15, 0.2) is 53.6 Å². The average Bonchev–Trinajstić information content (AvgIpc) is 3.59. The summed E-state index contributed by atoms with van der Waals surface area (Å²) in [6, 6.07) is 9.15. The normalized spacial score (nSPS) is 23.8. The highest BCUT2D eigenvalue weighted by molar-refractivity contribution is 7.92. The lowest BCUT2D eigenvalue weighted by atomic mass is 9.98. The van der Waals surface area contributed by atoms with Crippen LogP contribution in [0, 0.1) is 5.92 Å². The van der Waals surface area contributed by atoms with E-state index in [1.165, 1.54) is 36.5 Å². The minimum absolute atomic E-state index is 0.0183. The first kappa shape index (κ1) is 22.5. The highest BCUT2D eigenvalue weighted by atomic mass is 32.2. The zero-order valence-corrected chi connectivity index (χ0v) is 18.1. The van der Waals surface area contributed by atoms with E-state index in [9.17, 15) is 22.0 Å². The second-order valence-electron chi connectivity index (χ2n) is 8.28. The van der Waals surface area contributed by atoms with Crippen molar-refractivity contribution in [2.24, 2.45) is 5.92 Å². The fraction of sp³-hybridized carbons (Fsp3) is 0.391. The SMILES string of the molecule is O=C(Nc1ccc(CO)cn1)/C(=C/C1C[C@@H](F)[C@@H](F)C1)c1ccc(S(=O)(=O)C2CC2)cc1. The minimum atomic E-state index is -3.37. The molecule has 2 saturated carbocycles. The number of carbonyl (C=O) groups is 1. The van der Waals surface area contributed by atoms with Gasteiger partial charge in [0, 0.05) is 11.8 Å². The summed E-state index contributed by atoms with van der Waals surface area (Å²) in [7, 11) is -3.37. The number of carbonyl (C=O) groups excluding carboxylic acids is 1. The molecule has 2 aromatic rings. The molecule has 2 fully saturated rings. The summed E-state index contributed by atoms with van der Waals surface area (Å²) in [5.74, 6) is -0.727. The fourth-order valence-corrected chi connectivity index (χ4v) is 5.47. The summed E-state index contributed by atoms with van der Waals surface area (Å²) >= 11 is 0. The number of aliphatic hydroxyl groups excluding tert-OH is 1. The van der Waals surface area contributed by atoms with E-state index in [1.54, 1.807) is 12.1 Å². The van der Waals surface area contributed by atoms with E-state index >= 15 is 0 Å². The van der Waals surface area contributed by atoms with Crippen molar-refractivity contribution < 1.29 is 27.1 Å². The molecule has 32 heavy (non-hydrogen) atoms. The van der Waals surface area contributed by atoms with Gasteiger partial charge in [0.1, 0.15) is 18.2 Å². The third kappa shape index (κ3) is 4.88. The van der Waals surface area contributed by atoms with Crippen molar-refractivity contribution >= 4 is 27.1 Å². The molecule has 2 aliphatic rings. The van der Waals surface area contributed by atoms with Gasteiger partial charge in [-0.05, 0) is 60.9 Å². The maximum Gasteiger partial charge on any atom is 0.257 e. The summed E-state index contributed by atoms with van der Waals surface area (Å²) < 4.78 is 52.3. The third-order valence-corrected chi connectivity index (χ3v) is 8.08. The van der Waals surface area contributed by atoms with E-state index in [1.807, 2.05) is 0 Å². The van der Waals surface area contributed by atoms with E-state index in [-0.39, 0.29) is 41.0 Å². The molecule has 0 spiro atoms. The molecule has 2 N–H and O–H groups in total. The largest absolute Gasteiger partial charge is 0.392 e. The van der Waals surface area contributed by atoms with Crippen LogP contribution in [0.25, 0.3) is 5.57 Å². The van der Waals surface area contributed by atoms with Crippen molar-refractivity contribution in [1.29, 1.82) is 0 Å². The van der Waals surface area contributed by atoms with Crippen molar-refractivity contribution in [3.63, 3.8) is 0 Å². The predicted molar refractivity (Wildman–Crippen MR) is 116 cm³/mol. The number of hydrogen-bond donors (Lipinski definition) is 2. The van der Waals surface area contributed by atoms with Gasteiger partial charge in [-0.1, -0.05) is 24.3 Å². The first-order valence-electron chi connectivity index (χ1n) is 10.5. The Kier molecular flexibility index (Phi) is 6.39. The fourth-order valence-electron chi connectivity index (χ4n) is 3.82. The number of alkyl halides is 2. The molecular weight excluding hydrogens is 438 g/mol. The Bertz CT molecular complexity index is 1100. The molecule has 2 aliphatic carbocycles. The zero-order valence-electron chi connectivity index (χ0n) is 17.2. The first-order chi connectivity index (χ1) is 15.3. The Morgan fingerprint density at radius 2 is 1.75 bits per heavy atom. The lowest BCUT2D eigenvalue weighted by Crippen LogP contribution is -2.16. The molecule has 6 nitrogen and oxygen atoms in total. The van der Waals surface area contributed by atoms with Crippen molar-refractivity contribution in [1.82, 2.24) is 4.98 Å². The van der Waals surface area contributed by atoms with Gasteiger partial charge in [0.25, 0.3) is 5.91 Å². The van der Waals surface area contributed by atoms with Crippen LogP contribution in [0.4, 0.5) is 14.6 Å². The number of anilines is 1. The molecule has 1 aromatic carbocycles. The smallest absolute Gasteiger partial charge is 0.257 e. The number of allylic oxidation sites excluding steroid dienone is 1. The van der Waals surface area contributed by atoms with Gasteiger partial charge in [-0.25, -0.2) is 22.2 Å². The lowest BCUT2D eigenvalue weighted by molar-refractivity contribution is -0.111. The summed E-state index contributed by atoms with van der Waals surface area (Å²) in [5, 5.41) is 11.4. The molecule has 1 unspecified atom stereocenters. The number of rotatable bonds is 7. The third-order valence-electron chi connectivity index (χ3n) is 5.80. The van der Waals surface area contributed by atoms with Crippen LogP contribution in [0.2, 0.25) is 0 Å². The Balaban J connectivity index is 1.62. The number of sulfone groups is 1. The number of pyridine rings is 1. The van der Waals surface area contributed by atoms with Crippen LogP contribution in [0.1, 0.15) is 36.8 Å². The second-order valence-corrected chi connectivity index (χ2v) is 10.5. The topological polar surface area (TPSA) is 96.4 Å². The van der Waals surface area contributed by atoms with Crippen molar-refractivity contribution in [2.45, 2.75) is 54.8 Å². The summed E-state index contributed by atoms with van der Waals surface area (Å²) in [4.78, 5) is 17.3. The number of aromatic nitrogens is 1. The van der Waals surface area contributed by atoms with Crippen LogP contribution in [0.3, 0.4) is 0 Å². The molecule has 1 heterocycles. The van der Waals surface area contributed by atoms with Gasteiger partial charge >= 0.3 is 0 Å². The van der Waals surface area contributed by atoms with Gasteiger partial charge in [0.2, 0.25) is 0 Å². The van der Waals surface area contributed by atoms with Gasteiger partial charge in [-0.15, -0.1) is 0 Å². The molecule has 0 saturated heterocycles. The standard InChI is InChI=1S/C23H24F2N2O4S/c24-20-10-15(11-21(20)25)9-19(23(29)27-22-8-1-14(13-28)12-26-22)16-2-4-17(5-3-16)32(30,31)18-6-7-18/h1-5,8-9,12,15,18,20-21,28H,6-7,10-11,13H2,(H,26,27,29)/b19-9+/t15?,20-,21+. The molecule has 170 valence electrons. The predicted octanol–water partition coefficient (Wildman–Crippen LogP) is 3.62. The highest BCUT2D eigenvalue weighted by Crippen LogP contribution is 2.36. The summed E-state index contributed by atoms with van der Waals surface area (Å²) in [6.07, 6.45) is 1.10. The first-order valence-corrected chi connectivity index (χ1v) is 12.0. The van der Waals surface area contributed by atoms with Gasteiger partial charge in [-0.3, -0.25) is 4.79 Å². The molecule has 3 atom stereocenters. The highest BCUT2D eigenvalue weighted by Gasteiger charge is 2.37. The number of benzene rings is 1. The van der Waals surface area contributed by atoms with Gasteiger partial charge in [-0.2, -0.15) is 0 Å². The van der Waals surface area contributed by atoms with Crippen molar-refractivity contribution in [2.75, 3.05) is 5.32 Å². The molecule has 4 rings (SSSR count). The van der Waals surface area contributed by atoms with Gasteiger partial charge < -0.3 is 10.4 Å². The van der Waals surface area contributed by atoms with Crippen LogP contribution in [-0.4, -0.2) is 42.0 Å². The van der Waals surface area contributed by atoms with E-state index in [4.69, 9.17) is 5.11 Å². The van der Waals surface area contributed by atoms with E-state index in [0.29, 0.717) is 24.0 Å². The van der Waals surface area contributed by atoms with E-state index in [2.05, 4.69) is 10.3 Å². The quantitative estimate of drug-likeness (QED) is 0.613. The van der Waals surface area contributed by atoms with Crippen LogP contribution < -0.4 is 5.32 Å². The molecule has 0 bridgehead atoms. The lowest BCUT2D eigenvalue weighted by Gasteiger charge is -2.13. The Morgan fingerprint density at radius 3 is 2.28 bits per heavy atom. The second kappa shape index (κ2) is 9.07. The van der Waals surface area contributed by atoms with Crippen molar-refractivity contribution in [3.05, 3.63) is 59.8 Å². The molecule has 1 amide bonds. The molecule has 1 aromatic heterocycles. The monoisotopic (exact) mass is 462 g/mol. The van der Waals surface area contributed by atoms with Crippen molar-refractivity contribution in [3.8, 4) is 0 Å². The maximum atomic E-state index is 13.7. The Hall–Kier alpha value is -2.65. The summed E-state index contributed by atoms with van der Waals surface area (Å²) in [6.45, 7) is -0.182. The number of aliphatic hydroxyl groups is 1. The van der Waals surface area contributed by atoms with Crippen LogP contribution in [-0.2, 0) is 21.2 Å². The van der Waals surface area contributed by atoms with E-state index < -0.39 is 34.0 Å². The summed E-state index contributed by atoms with van der Waals surface area (Å²) in [5.41, 5.74) is 1.22. The average molecular weight is 463 g/mol. The molecule has 9 heteroatoms. The van der Waals surface area contributed by atoms with Crippen LogP contribution in [0.5, 0.6) is 0 Å². The molecule has 0 radical (unpaired) electrons. The van der Waals surface area contributed by atoms with Gasteiger partial charge in [0.05, 0.1) is 16.8 Å². The number of nitrogens with one attached hydrogen (secondary N) is 1. The number of halogens is 2. The molecule has 0 aliphatic heterocycles.